The maximum atomic E-state index is 11.8. The van der Waals surface area contributed by atoms with Gasteiger partial charge in [0, 0.05) is 20.2 Å². The summed E-state index contributed by atoms with van der Waals surface area (Å²) in [5, 5.41) is 9.55. The van der Waals surface area contributed by atoms with E-state index in [1.807, 2.05) is 18.2 Å². The molecule has 106 valence electrons. The fourth-order valence-corrected chi connectivity index (χ4v) is 2.71. The number of benzene rings is 1. The van der Waals surface area contributed by atoms with Crippen LogP contribution in [0.3, 0.4) is 0 Å². The highest BCUT2D eigenvalue weighted by Gasteiger charge is 2.36. The molecule has 1 aliphatic rings. The first-order chi connectivity index (χ1) is 9.69. The van der Waals surface area contributed by atoms with Crippen molar-refractivity contribution in [3.8, 4) is 6.07 Å². The fraction of sp³-hybridized carbons (Fsp3) is 0.500. The van der Waals surface area contributed by atoms with E-state index in [0.717, 1.165) is 19.3 Å². The molecule has 0 N–H and O–H groups in total. The third kappa shape index (κ3) is 3.37. The highest BCUT2D eigenvalue weighted by Crippen LogP contribution is 2.34. The predicted octanol–water partition coefficient (Wildman–Crippen LogP) is 2.01. The van der Waals surface area contributed by atoms with E-state index in [1.54, 1.807) is 4.90 Å². The zero-order valence-electron chi connectivity index (χ0n) is 11.8. The van der Waals surface area contributed by atoms with Crippen molar-refractivity contribution in [3.63, 3.8) is 0 Å². The zero-order chi connectivity index (χ0) is 14.4. The summed E-state index contributed by atoms with van der Waals surface area (Å²) in [6.07, 6.45) is 2.22. The number of carbonyl (C=O) groups is 1. The largest absolute Gasteiger partial charge is 0.375 e. The number of piperidine rings is 1. The van der Waals surface area contributed by atoms with Crippen LogP contribution < -0.4 is 0 Å². The molecule has 1 fully saturated rings. The molecule has 0 bridgehead atoms. The van der Waals surface area contributed by atoms with Crippen molar-refractivity contribution in [1.82, 2.24) is 4.90 Å². The van der Waals surface area contributed by atoms with Crippen molar-refractivity contribution in [1.29, 1.82) is 5.26 Å². The zero-order valence-corrected chi connectivity index (χ0v) is 11.8. The van der Waals surface area contributed by atoms with Gasteiger partial charge in [-0.25, -0.2) is 0 Å². The molecule has 1 heterocycles. The van der Waals surface area contributed by atoms with E-state index < -0.39 is 0 Å². The second-order valence-electron chi connectivity index (χ2n) is 5.37. The van der Waals surface area contributed by atoms with Gasteiger partial charge < -0.3 is 9.64 Å². The molecule has 0 atom stereocenters. The third-order valence-corrected chi connectivity index (χ3v) is 3.96. The average Bonchev–Trinajstić information content (AvgIpc) is 2.49. The number of likely N-dealkylation sites (tertiary alicyclic amines) is 1. The Balaban J connectivity index is 1.98. The Bertz CT molecular complexity index is 485. The summed E-state index contributed by atoms with van der Waals surface area (Å²) in [4.78, 5) is 13.6. The van der Waals surface area contributed by atoms with E-state index >= 15 is 0 Å². The summed E-state index contributed by atoms with van der Waals surface area (Å²) in [5.74, 6) is 0.0127. The smallest absolute Gasteiger partial charge is 0.248 e. The number of methoxy groups -OCH3 is 1. The molecule has 1 aliphatic heterocycles. The van der Waals surface area contributed by atoms with Crippen molar-refractivity contribution in [3.05, 3.63) is 35.9 Å². The average molecular weight is 272 g/mol. The first kappa shape index (κ1) is 14.5. The van der Waals surface area contributed by atoms with Crippen LogP contribution in [0.2, 0.25) is 0 Å². The Kier molecular flexibility index (Phi) is 4.75. The van der Waals surface area contributed by atoms with Gasteiger partial charge in [0.05, 0.1) is 11.5 Å². The summed E-state index contributed by atoms with van der Waals surface area (Å²) in [6, 6.07) is 12.6. The number of amides is 1. The van der Waals surface area contributed by atoms with Gasteiger partial charge in [0.15, 0.2) is 0 Å². The first-order valence-electron chi connectivity index (χ1n) is 6.91. The van der Waals surface area contributed by atoms with Crippen LogP contribution in [0.1, 0.15) is 18.4 Å². The normalized spacial score (nSPS) is 17.5. The number of nitrogens with zero attached hydrogens (tertiary/aromatic N) is 2. The molecule has 0 saturated carbocycles. The number of carbonyl (C=O) groups excluding carboxylic acids is 1. The van der Waals surface area contributed by atoms with Gasteiger partial charge in [-0.3, -0.25) is 4.79 Å². The van der Waals surface area contributed by atoms with Crippen LogP contribution in [-0.2, 0) is 16.0 Å². The van der Waals surface area contributed by atoms with Crippen LogP contribution in [-0.4, -0.2) is 37.6 Å². The lowest BCUT2D eigenvalue weighted by atomic mass is 9.75. The summed E-state index contributed by atoms with van der Waals surface area (Å²) in [6.45, 7) is 1.41. The van der Waals surface area contributed by atoms with Crippen molar-refractivity contribution in [2.75, 3.05) is 26.8 Å². The van der Waals surface area contributed by atoms with E-state index in [4.69, 9.17) is 4.74 Å². The molecule has 1 aromatic rings. The Morgan fingerprint density at radius 3 is 2.55 bits per heavy atom. The molecular weight excluding hydrogens is 252 g/mol. The molecule has 20 heavy (non-hydrogen) atoms. The van der Waals surface area contributed by atoms with Gasteiger partial charge >= 0.3 is 0 Å². The highest BCUT2D eigenvalue weighted by atomic mass is 16.5. The van der Waals surface area contributed by atoms with Crippen LogP contribution in [0.5, 0.6) is 0 Å². The SMILES string of the molecule is COCC(=O)N1CCC(C#N)(Cc2ccccc2)CC1. The highest BCUT2D eigenvalue weighted by molar-refractivity contribution is 5.77. The number of ether oxygens (including phenoxy) is 1. The molecule has 0 aromatic heterocycles. The maximum absolute atomic E-state index is 11.8. The lowest BCUT2D eigenvalue weighted by Crippen LogP contribution is -2.44. The molecule has 0 unspecified atom stereocenters. The predicted molar refractivity (Wildman–Crippen MR) is 75.9 cm³/mol. The second kappa shape index (κ2) is 6.53. The van der Waals surface area contributed by atoms with Gasteiger partial charge in [-0.2, -0.15) is 5.26 Å². The minimum absolute atomic E-state index is 0.0127. The van der Waals surface area contributed by atoms with Gasteiger partial charge in [-0.15, -0.1) is 0 Å². The molecule has 0 radical (unpaired) electrons. The fourth-order valence-electron chi connectivity index (χ4n) is 2.71. The Labute approximate surface area is 120 Å². The van der Waals surface area contributed by atoms with Gasteiger partial charge in [0.25, 0.3) is 0 Å². The van der Waals surface area contributed by atoms with Crippen LogP contribution in [0.4, 0.5) is 0 Å². The molecule has 0 spiro atoms. The van der Waals surface area contributed by atoms with Gasteiger partial charge in [0.1, 0.15) is 6.61 Å². The molecule has 0 aliphatic carbocycles. The van der Waals surface area contributed by atoms with E-state index in [0.29, 0.717) is 13.1 Å². The molecule has 2 rings (SSSR count). The topological polar surface area (TPSA) is 53.3 Å². The van der Waals surface area contributed by atoms with Gasteiger partial charge in [0.2, 0.25) is 5.91 Å². The van der Waals surface area contributed by atoms with E-state index in [2.05, 4.69) is 18.2 Å². The molecule has 1 saturated heterocycles. The van der Waals surface area contributed by atoms with Gasteiger partial charge in [-0.1, -0.05) is 30.3 Å². The minimum atomic E-state index is -0.342. The van der Waals surface area contributed by atoms with Crippen molar-refractivity contribution >= 4 is 5.91 Å². The molecule has 4 nitrogen and oxygen atoms in total. The number of nitriles is 1. The van der Waals surface area contributed by atoms with Gasteiger partial charge in [-0.05, 0) is 24.8 Å². The van der Waals surface area contributed by atoms with Crippen LogP contribution in [0.15, 0.2) is 30.3 Å². The Morgan fingerprint density at radius 2 is 2.00 bits per heavy atom. The Morgan fingerprint density at radius 1 is 1.35 bits per heavy atom. The van der Waals surface area contributed by atoms with Crippen molar-refractivity contribution in [2.45, 2.75) is 19.3 Å². The third-order valence-electron chi connectivity index (χ3n) is 3.96. The van der Waals surface area contributed by atoms with Crippen molar-refractivity contribution < 1.29 is 9.53 Å². The molecule has 4 heteroatoms. The van der Waals surface area contributed by atoms with Crippen LogP contribution in [0, 0.1) is 16.7 Å². The number of hydrogen-bond acceptors (Lipinski definition) is 3. The summed E-state index contributed by atoms with van der Waals surface area (Å²) in [5.41, 5.74) is 0.844. The minimum Gasteiger partial charge on any atom is -0.375 e. The molecule has 1 amide bonds. The summed E-state index contributed by atoms with van der Waals surface area (Å²) < 4.78 is 4.87. The van der Waals surface area contributed by atoms with E-state index in [1.165, 1.54) is 12.7 Å². The quantitative estimate of drug-likeness (QED) is 0.842. The Hall–Kier alpha value is -1.86. The lowest BCUT2D eigenvalue weighted by Gasteiger charge is -2.37. The monoisotopic (exact) mass is 272 g/mol. The number of hydrogen-bond donors (Lipinski definition) is 0. The standard InChI is InChI=1S/C16H20N2O2/c1-20-12-15(19)18-9-7-16(13-17,8-10-18)11-14-5-3-2-4-6-14/h2-6H,7-12H2,1H3. The summed E-state index contributed by atoms with van der Waals surface area (Å²) in [7, 11) is 1.52. The number of rotatable bonds is 4. The first-order valence-corrected chi connectivity index (χ1v) is 6.91. The van der Waals surface area contributed by atoms with Crippen molar-refractivity contribution in [2.24, 2.45) is 5.41 Å². The maximum Gasteiger partial charge on any atom is 0.248 e. The molecule has 1 aromatic carbocycles. The molecular formula is C16H20N2O2. The second-order valence-corrected chi connectivity index (χ2v) is 5.37. The van der Waals surface area contributed by atoms with Crippen LogP contribution >= 0.6 is 0 Å². The lowest BCUT2D eigenvalue weighted by molar-refractivity contribution is -0.137. The summed E-state index contributed by atoms with van der Waals surface area (Å²) >= 11 is 0. The van der Waals surface area contributed by atoms with E-state index in [9.17, 15) is 10.1 Å². The van der Waals surface area contributed by atoms with E-state index in [-0.39, 0.29) is 17.9 Å². The van der Waals surface area contributed by atoms with Crippen LogP contribution in [0.25, 0.3) is 0 Å².